The van der Waals surface area contributed by atoms with Gasteiger partial charge in [-0.05, 0) is 80.4 Å². The van der Waals surface area contributed by atoms with Crippen LogP contribution >= 0.6 is 22.6 Å². The van der Waals surface area contributed by atoms with E-state index in [0.717, 1.165) is 15.2 Å². The standard InChI is InChI=1S/C10H10IN2O.C5H5.Fe/c11-9-7-12-13(5-6-14)10(9)8-3-1-2-4-8;1-2-4-5-3-1;/h1-4,7,14H,5-6H2;1-5H;/q;;+2. The largest absolute Gasteiger partial charge is 2.00 e. The molecule has 10 radical (unpaired) electrons. The molecule has 1 heterocycles. The van der Waals surface area contributed by atoms with Crippen LogP contribution in [0.15, 0.2) is 6.20 Å². The second kappa shape index (κ2) is 10.2. The van der Waals surface area contributed by atoms with Crippen molar-refractivity contribution in [2.45, 2.75) is 6.54 Å². The summed E-state index contributed by atoms with van der Waals surface area (Å²) in [7, 11) is 0. The third-order valence-corrected chi connectivity index (χ3v) is 3.39. The Morgan fingerprint density at radius 1 is 1.00 bits per heavy atom. The number of nitrogens with zero attached hydrogens (tertiary/aromatic N) is 2. The predicted octanol–water partition coefficient (Wildman–Crippen LogP) is 2.25. The van der Waals surface area contributed by atoms with Gasteiger partial charge in [-0.1, -0.05) is 0 Å². The Balaban J connectivity index is 0.000000283. The quantitative estimate of drug-likeness (QED) is 0.600. The van der Waals surface area contributed by atoms with E-state index in [4.69, 9.17) is 5.11 Å². The monoisotopic (exact) mass is 422 g/mol. The van der Waals surface area contributed by atoms with Gasteiger partial charge in [-0.2, -0.15) is 5.10 Å². The summed E-state index contributed by atoms with van der Waals surface area (Å²) in [5.74, 6) is 1.15. The summed E-state index contributed by atoms with van der Waals surface area (Å²) in [4.78, 5) is 0. The van der Waals surface area contributed by atoms with E-state index in [-0.39, 0.29) is 23.7 Å². The first-order chi connectivity index (χ1) is 9.33. The molecule has 2 fully saturated rings. The molecule has 0 amide bonds. The van der Waals surface area contributed by atoms with Crippen molar-refractivity contribution in [2.24, 2.45) is 0 Å². The van der Waals surface area contributed by atoms with E-state index < -0.39 is 0 Å². The maximum Gasteiger partial charge on any atom is 2.00 e. The molecule has 0 aromatic carbocycles. The molecule has 2 saturated carbocycles. The van der Waals surface area contributed by atoms with Crippen LogP contribution in [0, 0.1) is 67.3 Å². The molecule has 3 rings (SSSR count). The fourth-order valence-corrected chi connectivity index (χ4v) is 2.48. The number of halogens is 1. The van der Waals surface area contributed by atoms with Crippen LogP contribution in [0.2, 0.25) is 0 Å². The second-order valence-electron chi connectivity index (χ2n) is 3.92. The number of rotatable bonds is 3. The van der Waals surface area contributed by atoms with Gasteiger partial charge in [0.15, 0.2) is 0 Å². The maximum absolute atomic E-state index is 8.89. The molecule has 20 heavy (non-hydrogen) atoms. The molecule has 1 N–H and O–H groups in total. The van der Waals surface area contributed by atoms with Gasteiger partial charge in [-0.25, -0.2) is 0 Å². The van der Waals surface area contributed by atoms with Gasteiger partial charge in [0.25, 0.3) is 0 Å². The summed E-state index contributed by atoms with van der Waals surface area (Å²) in [6, 6.07) is 0. The summed E-state index contributed by atoms with van der Waals surface area (Å²) < 4.78 is 2.94. The summed E-state index contributed by atoms with van der Waals surface area (Å²) in [6.07, 6.45) is 19.9. The van der Waals surface area contributed by atoms with Gasteiger partial charge in [-0.3, -0.25) is 4.68 Å². The first-order valence-corrected chi connectivity index (χ1v) is 7.11. The van der Waals surface area contributed by atoms with Crippen LogP contribution in [0.1, 0.15) is 5.69 Å². The fourth-order valence-electron chi connectivity index (χ4n) is 1.77. The SMILES string of the molecule is OCCn1ncc(I)c1[C]1[CH][CH][CH][CH]1.[CH]1[CH][CH][CH][CH]1.[Fe+2]. The van der Waals surface area contributed by atoms with Gasteiger partial charge in [0, 0.05) is 5.92 Å². The number of hydrogen-bond donors (Lipinski definition) is 1. The first kappa shape index (κ1) is 18.5. The van der Waals surface area contributed by atoms with Gasteiger partial charge in [-0.15, -0.1) is 0 Å². The minimum absolute atomic E-state index is 0. The first-order valence-electron chi connectivity index (χ1n) is 6.04. The molecule has 2 aliphatic rings. The molecule has 0 saturated heterocycles. The van der Waals surface area contributed by atoms with Crippen molar-refractivity contribution < 1.29 is 22.2 Å². The van der Waals surface area contributed by atoms with Crippen molar-refractivity contribution in [3.05, 3.63) is 79.2 Å². The normalized spacial score (nSPS) is 18.5. The Morgan fingerprint density at radius 3 is 2.05 bits per heavy atom. The zero-order valence-electron chi connectivity index (χ0n) is 10.8. The molecule has 0 bridgehead atoms. The van der Waals surface area contributed by atoms with Gasteiger partial charge in [0.05, 0.1) is 28.6 Å². The summed E-state index contributed by atoms with van der Waals surface area (Å²) >= 11 is 2.26. The Morgan fingerprint density at radius 2 is 1.55 bits per heavy atom. The van der Waals surface area contributed by atoms with Crippen LogP contribution in [0.5, 0.6) is 0 Å². The van der Waals surface area contributed by atoms with E-state index in [9.17, 15) is 0 Å². The van der Waals surface area contributed by atoms with Crippen LogP contribution in [-0.2, 0) is 23.6 Å². The van der Waals surface area contributed by atoms with Gasteiger partial charge >= 0.3 is 17.1 Å². The van der Waals surface area contributed by atoms with Crippen molar-refractivity contribution in [3.63, 3.8) is 0 Å². The Bertz CT molecular complexity index is 366. The third kappa shape index (κ3) is 5.32. The summed E-state index contributed by atoms with van der Waals surface area (Å²) in [6.45, 7) is 0.662. The summed E-state index contributed by atoms with van der Waals surface area (Å²) in [5.41, 5.74) is 1.09. The smallest absolute Gasteiger partial charge is 0.394 e. The van der Waals surface area contributed by atoms with E-state index in [1.807, 2.05) is 68.7 Å². The molecular formula is C15H15FeIN2O+2. The van der Waals surface area contributed by atoms with Crippen molar-refractivity contribution in [1.29, 1.82) is 0 Å². The van der Waals surface area contributed by atoms with Gasteiger partial charge in [0.1, 0.15) is 0 Å². The zero-order chi connectivity index (χ0) is 13.5. The molecule has 104 valence electrons. The molecule has 1 aromatic rings. The van der Waals surface area contributed by atoms with Crippen LogP contribution in [0.25, 0.3) is 0 Å². The zero-order valence-corrected chi connectivity index (χ0v) is 14.0. The Labute approximate surface area is 146 Å². The van der Waals surface area contributed by atoms with E-state index in [0.29, 0.717) is 6.54 Å². The maximum atomic E-state index is 8.89. The molecule has 0 atom stereocenters. The van der Waals surface area contributed by atoms with Gasteiger partial charge in [0.2, 0.25) is 0 Å². The third-order valence-electron chi connectivity index (χ3n) is 2.60. The fraction of sp³-hybridized carbons (Fsp3) is 0.133. The molecule has 0 unspecified atom stereocenters. The topological polar surface area (TPSA) is 38.0 Å². The molecule has 1 aromatic heterocycles. The minimum Gasteiger partial charge on any atom is -0.394 e. The van der Waals surface area contributed by atoms with Crippen LogP contribution in [0.4, 0.5) is 0 Å². The molecular weight excluding hydrogens is 407 g/mol. The van der Waals surface area contributed by atoms with Crippen molar-refractivity contribution in [2.75, 3.05) is 6.61 Å². The average Bonchev–Trinajstić information content (AvgIpc) is 3.11. The molecule has 5 heteroatoms. The average molecular weight is 422 g/mol. The second-order valence-corrected chi connectivity index (χ2v) is 5.09. The van der Waals surface area contributed by atoms with Crippen LogP contribution in [-0.4, -0.2) is 21.5 Å². The molecule has 2 aliphatic carbocycles. The van der Waals surface area contributed by atoms with E-state index in [1.165, 1.54) is 0 Å². The van der Waals surface area contributed by atoms with E-state index >= 15 is 0 Å². The molecule has 0 aliphatic heterocycles. The minimum atomic E-state index is 0. The number of aromatic nitrogens is 2. The van der Waals surface area contributed by atoms with Crippen LogP contribution < -0.4 is 0 Å². The van der Waals surface area contributed by atoms with Crippen molar-refractivity contribution in [1.82, 2.24) is 9.78 Å². The van der Waals surface area contributed by atoms with Crippen LogP contribution in [0.3, 0.4) is 0 Å². The number of aliphatic hydroxyl groups is 1. The number of aliphatic hydroxyl groups excluding tert-OH is 1. The summed E-state index contributed by atoms with van der Waals surface area (Å²) in [5, 5.41) is 13.1. The molecule has 3 nitrogen and oxygen atoms in total. The molecule has 0 spiro atoms. The van der Waals surface area contributed by atoms with Gasteiger partial charge < -0.3 is 5.11 Å². The van der Waals surface area contributed by atoms with Crippen molar-refractivity contribution >= 4 is 22.6 Å². The Kier molecular flexibility index (Phi) is 9.42. The predicted molar refractivity (Wildman–Crippen MR) is 83.1 cm³/mol. The Hall–Kier alpha value is 0.419. The van der Waals surface area contributed by atoms with E-state index in [1.54, 1.807) is 0 Å². The van der Waals surface area contributed by atoms with E-state index in [2.05, 4.69) is 27.7 Å². The van der Waals surface area contributed by atoms with Crippen molar-refractivity contribution in [3.8, 4) is 0 Å². The number of hydrogen-bond acceptors (Lipinski definition) is 2.